The molecular formula is C19H23ClF3N3OS. The molecule has 2 aliphatic rings. The summed E-state index contributed by atoms with van der Waals surface area (Å²) in [4.78, 5) is 19.2. The third kappa shape index (κ3) is 4.44. The topological polar surface area (TPSA) is 45.2 Å². The van der Waals surface area contributed by atoms with Gasteiger partial charge in [-0.3, -0.25) is 4.79 Å². The Kier molecular flexibility index (Phi) is 6.22. The molecule has 1 saturated carbocycles. The number of halogens is 4. The molecule has 0 unspecified atom stereocenters. The monoisotopic (exact) mass is 433 g/mol. The minimum absolute atomic E-state index is 0. The van der Waals surface area contributed by atoms with Crippen molar-refractivity contribution in [3.8, 4) is 0 Å². The van der Waals surface area contributed by atoms with Crippen LogP contribution in [0.2, 0.25) is 0 Å². The Morgan fingerprint density at radius 1 is 1.25 bits per heavy atom. The quantitative estimate of drug-likeness (QED) is 0.763. The van der Waals surface area contributed by atoms with Gasteiger partial charge in [0.15, 0.2) is 0 Å². The van der Waals surface area contributed by atoms with E-state index in [1.165, 1.54) is 18.9 Å². The van der Waals surface area contributed by atoms with Gasteiger partial charge >= 0.3 is 6.18 Å². The van der Waals surface area contributed by atoms with E-state index in [1.54, 1.807) is 6.92 Å². The zero-order valence-electron chi connectivity index (χ0n) is 15.5. The molecule has 4 rings (SSSR count). The normalized spacial score (nSPS) is 18.4. The minimum atomic E-state index is -4.48. The highest BCUT2D eigenvalue weighted by atomic mass is 35.5. The van der Waals surface area contributed by atoms with E-state index in [4.69, 9.17) is 0 Å². The number of nitrogens with one attached hydrogen (secondary N) is 1. The summed E-state index contributed by atoms with van der Waals surface area (Å²) in [5, 5.41) is 4.21. The zero-order valence-corrected chi connectivity index (χ0v) is 17.1. The number of piperidine rings is 1. The number of amides is 1. The molecule has 1 amide bonds. The summed E-state index contributed by atoms with van der Waals surface area (Å²) in [6.07, 6.45) is -0.0113. The van der Waals surface area contributed by atoms with Crippen LogP contribution in [0.25, 0.3) is 10.2 Å². The molecule has 0 bridgehead atoms. The van der Waals surface area contributed by atoms with Crippen LogP contribution < -0.4 is 5.32 Å². The van der Waals surface area contributed by atoms with Gasteiger partial charge in [-0.2, -0.15) is 13.2 Å². The number of likely N-dealkylation sites (tertiary alicyclic amines) is 1. The van der Waals surface area contributed by atoms with Crippen LogP contribution in [-0.2, 0) is 6.18 Å². The first-order valence-electron chi connectivity index (χ1n) is 9.33. The smallest absolute Gasteiger partial charge is 0.338 e. The molecule has 2 fully saturated rings. The van der Waals surface area contributed by atoms with Gasteiger partial charge in [-0.15, -0.1) is 23.7 Å². The Labute approximate surface area is 171 Å². The minimum Gasteiger partial charge on any atom is -0.338 e. The van der Waals surface area contributed by atoms with Crippen molar-refractivity contribution < 1.29 is 18.0 Å². The van der Waals surface area contributed by atoms with E-state index in [-0.39, 0.29) is 23.1 Å². The van der Waals surface area contributed by atoms with E-state index in [9.17, 15) is 18.0 Å². The molecule has 1 N–H and O–H groups in total. The molecule has 1 aliphatic carbocycles. The predicted molar refractivity (Wildman–Crippen MR) is 106 cm³/mol. The largest absolute Gasteiger partial charge is 0.433 e. The third-order valence-corrected chi connectivity index (χ3v) is 6.65. The number of rotatable bonds is 4. The number of alkyl halides is 3. The van der Waals surface area contributed by atoms with Gasteiger partial charge in [0, 0.05) is 24.5 Å². The summed E-state index contributed by atoms with van der Waals surface area (Å²) >= 11 is 1.06. The van der Waals surface area contributed by atoms with Crippen molar-refractivity contribution >= 4 is 39.9 Å². The second-order valence-corrected chi connectivity index (χ2v) is 8.52. The highest BCUT2D eigenvalue weighted by molar-refractivity contribution is 7.20. The molecule has 2 aromatic rings. The number of fused-ring (bicyclic) bond motifs is 1. The lowest BCUT2D eigenvalue weighted by atomic mass is 10.0. The Morgan fingerprint density at radius 3 is 2.54 bits per heavy atom. The lowest BCUT2D eigenvalue weighted by molar-refractivity contribution is -0.140. The first kappa shape index (κ1) is 21.3. The fourth-order valence-electron chi connectivity index (χ4n) is 3.55. The summed E-state index contributed by atoms with van der Waals surface area (Å²) in [6, 6.07) is 2.85. The number of hydrogen-bond donors (Lipinski definition) is 1. The molecule has 0 aromatic carbocycles. The Hall–Kier alpha value is -1.38. The van der Waals surface area contributed by atoms with E-state index in [2.05, 4.69) is 10.3 Å². The van der Waals surface area contributed by atoms with Gasteiger partial charge in [-0.05, 0) is 62.8 Å². The lowest BCUT2D eigenvalue weighted by Crippen LogP contribution is -2.45. The first-order chi connectivity index (χ1) is 12.8. The van der Waals surface area contributed by atoms with E-state index in [0.717, 1.165) is 48.3 Å². The fraction of sp³-hybridized carbons (Fsp3) is 0.579. The lowest BCUT2D eigenvalue weighted by Gasteiger charge is -2.32. The van der Waals surface area contributed by atoms with Crippen molar-refractivity contribution in [1.29, 1.82) is 0 Å². The SMILES string of the molecule is Cc1c(C(=O)N2CCC(NCC3CC3)CC2)sc2nc(C(F)(F)F)ccc12.Cl. The van der Waals surface area contributed by atoms with E-state index < -0.39 is 11.9 Å². The number of hydrogen-bond acceptors (Lipinski definition) is 4. The number of aryl methyl sites for hydroxylation is 1. The zero-order chi connectivity index (χ0) is 19.2. The van der Waals surface area contributed by atoms with Gasteiger partial charge in [-0.25, -0.2) is 4.98 Å². The van der Waals surface area contributed by atoms with E-state index in [1.807, 2.05) is 4.90 Å². The Bertz CT molecular complexity index is 858. The van der Waals surface area contributed by atoms with Gasteiger partial charge in [0.1, 0.15) is 10.5 Å². The van der Waals surface area contributed by atoms with Crippen molar-refractivity contribution in [2.45, 2.75) is 44.8 Å². The first-order valence-corrected chi connectivity index (χ1v) is 10.1. The van der Waals surface area contributed by atoms with Crippen molar-refractivity contribution in [3.05, 3.63) is 28.3 Å². The number of carbonyl (C=O) groups excluding carboxylic acids is 1. The molecule has 9 heteroatoms. The third-order valence-electron chi connectivity index (χ3n) is 5.46. The highest BCUT2D eigenvalue weighted by Gasteiger charge is 2.33. The van der Waals surface area contributed by atoms with Gasteiger partial charge in [0.25, 0.3) is 5.91 Å². The van der Waals surface area contributed by atoms with Crippen molar-refractivity contribution in [3.63, 3.8) is 0 Å². The van der Waals surface area contributed by atoms with Crippen LogP contribution in [0.5, 0.6) is 0 Å². The second-order valence-electron chi connectivity index (χ2n) is 7.52. The molecule has 28 heavy (non-hydrogen) atoms. The Balaban J connectivity index is 0.00000225. The highest BCUT2D eigenvalue weighted by Crippen LogP contribution is 2.35. The maximum atomic E-state index is 12.9. The number of aromatic nitrogens is 1. The summed E-state index contributed by atoms with van der Waals surface area (Å²) in [6.45, 7) is 4.21. The molecule has 4 nitrogen and oxygen atoms in total. The van der Waals surface area contributed by atoms with Gasteiger partial charge < -0.3 is 10.2 Å². The fourth-order valence-corrected chi connectivity index (χ4v) is 4.69. The number of thiophene rings is 1. The molecule has 3 heterocycles. The molecular weight excluding hydrogens is 411 g/mol. The molecule has 1 saturated heterocycles. The number of pyridine rings is 1. The number of carbonyl (C=O) groups is 1. The standard InChI is InChI=1S/C19H22F3N3OS.ClH/c1-11-14-4-5-15(19(20,21)22)24-17(14)27-16(11)18(26)25-8-6-13(7-9-25)23-10-12-2-3-12;/h4-5,12-13,23H,2-3,6-10H2,1H3;1H. The van der Waals surface area contributed by atoms with Crippen molar-refractivity contribution in [2.75, 3.05) is 19.6 Å². The second kappa shape index (κ2) is 8.16. The van der Waals surface area contributed by atoms with Gasteiger partial charge in [-0.1, -0.05) is 0 Å². The molecule has 154 valence electrons. The van der Waals surface area contributed by atoms with E-state index >= 15 is 0 Å². The summed E-state index contributed by atoms with van der Waals surface area (Å²) in [5.74, 6) is 0.740. The Morgan fingerprint density at radius 2 is 1.93 bits per heavy atom. The van der Waals surface area contributed by atoms with Crippen LogP contribution in [0.3, 0.4) is 0 Å². The van der Waals surface area contributed by atoms with Crippen LogP contribution in [0.1, 0.15) is 46.6 Å². The molecule has 0 atom stereocenters. The van der Waals surface area contributed by atoms with Crippen LogP contribution in [0.15, 0.2) is 12.1 Å². The maximum Gasteiger partial charge on any atom is 0.433 e. The summed E-state index contributed by atoms with van der Waals surface area (Å²) < 4.78 is 38.7. The maximum absolute atomic E-state index is 12.9. The molecule has 2 aromatic heterocycles. The van der Waals surface area contributed by atoms with E-state index in [0.29, 0.717) is 29.4 Å². The molecule has 0 radical (unpaired) electrons. The van der Waals surface area contributed by atoms with Crippen LogP contribution >= 0.6 is 23.7 Å². The van der Waals surface area contributed by atoms with Crippen LogP contribution in [-0.4, -0.2) is 41.5 Å². The average Bonchev–Trinajstić information content (AvgIpc) is 3.42. The predicted octanol–water partition coefficient (Wildman–Crippen LogP) is 4.65. The molecule has 1 aliphatic heterocycles. The van der Waals surface area contributed by atoms with Crippen molar-refractivity contribution in [2.24, 2.45) is 5.92 Å². The van der Waals surface area contributed by atoms with Crippen molar-refractivity contribution in [1.82, 2.24) is 15.2 Å². The number of nitrogens with zero attached hydrogens (tertiary/aromatic N) is 2. The van der Waals surface area contributed by atoms with Crippen LogP contribution in [0.4, 0.5) is 13.2 Å². The summed E-state index contributed by atoms with van der Waals surface area (Å²) in [7, 11) is 0. The van der Waals surface area contributed by atoms with Gasteiger partial charge in [0.2, 0.25) is 0 Å². The van der Waals surface area contributed by atoms with Gasteiger partial charge in [0.05, 0.1) is 4.88 Å². The molecule has 0 spiro atoms. The van der Waals surface area contributed by atoms with Crippen LogP contribution in [0, 0.1) is 12.8 Å². The summed E-state index contributed by atoms with van der Waals surface area (Å²) in [5.41, 5.74) is -0.201. The average molecular weight is 434 g/mol.